The van der Waals surface area contributed by atoms with Gasteiger partial charge >= 0.3 is 0 Å². The minimum absolute atomic E-state index is 1.07. The number of fused-ring (bicyclic) bond motifs is 1. The number of aryl methyl sites for hydroxylation is 2. The van der Waals surface area contributed by atoms with Crippen molar-refractivity contribution in [2.45, 2.75) is 24.4 Å². The second kappa shape index (κ2) is 2.31. The van der Waals surface area contributed by atoms with Crippen LogP contribution in [0.25, 0.3) is 0 Å². The summed E-state index contributed by atoms with van der Waals surface area (Å²) in [7, 11) is 0. The van der Waals surface area contributed by atoms with Crippen LogP contribution >= 0.6 is 11.8 Å². The first kappa shape index (κ1) is 6.28. The lowest BCUT2D eigenvalue weighted by atomic mass is 10.4. The highest BCUT2D eigenvalue weighted by Crippen LogP contribution is 2.22. The van der Waals surface area contributed by atoms with E-state index in [0.717, 1.165) is 5.16 Å². The third-order valence-electron chi connectivity index (χ3n) is 1.88. The van der Waals surface area contributed by atoms with E-state index in [1.54, 1.807) is 11.8 Å². The molecule has 1 aliphatic rings. The van der Waals surface area contributed by atoms with Gasteiger partial charge in [-0.15, -0.1) is 0 Å². The van der Waals surface area contributed by atoms with Crippen LogP contribution in [0.15, 0.2) is 5.16 Å². The fraction of sp³-hybridized carbons (Fsp3) is 0.571. The average Bonchev–Trinajstić information content (AvgIpc) is 2.42. The van der Waals surface area contributed by atoms with Crippen LogP contribution in [0.3, 0.4) is 0 Å². The molecule has 0 aliphatic heterocycles. The van der Waals surface area contributed by atoms with Gasteiger partial charge in [-0.3, -0.25) is 0 Å². The summed E-state index contributed by atoms with van der Waals surface area (Å²) >= 11 is 1.69. The third kappa shape index (κ3) is 0.850. The Bertz CT molecular complexity index is 220. The van der Waals surface area contributed by atoms with E-state index in [1.807, 2.05) is 6.26 Å². The average molecular weight is 154 g/mol. The van der Waals surface area contributed by atoms with E-state index in [1.165, 1.54) is 30.7 Å². The van der Waals surface area contributed by atoms with E-state index in [9.17, 15) is 0 Å². The number of hydrogen-bond acceptors (Lipinski definition) is 2. The minimum Gasteiger partial charge on any atom is -0.337 e. The fourth-order valence-corrected chi connectivity index (χ4v) is 1.79. The third-order valence-corrected chi connectivity index (χ3v) is 2.46. The highest BCUT2D eigenvalue weighted by Gasteiger charge is 2.14. The summed E-state index contributed by atoms with van der Waals surface area (Å²) in [6, 6.07) is 0. The molecule has 2 nitrogen and oxygen atoms in total. The molecule has 1 aromatic rings. The van der Waals surface area contributed by atoms with Crippen molar-refractivity contribution in [2.75, 3.05) is 6.26 Å². The van der Waals surface area contributed by atoms with E-state index in [0.29, 0.717) is 0 Å². The predicted octanol–water partition coefficient (Wildman–Crippen LogP) is 1.62. The van der Waals surface area contributed by atoms with Crippen molar-refractivity contribution >= 4 is 11.8 Å². The molecule has 0 amide bonds. The van der Waals surface area contributed by atoms with Gasteiger partial charge in [0.1, 0.15) is 0 Å². The molecule has 1 aliphatic carbocycles. The quantitative estimate of drug-likeness (QED) is 0.623. The van der Waals surface area contributed by atoms with Gasteiger partial charge in [0, 0.05) is 5.69 Å². The summed E-state index contributed by atoms with van der Waals surface area (Å²) in [4.78, 5) is 7.71. The fourth-order valence-electron chi connectivity index (χ4n) is 1.36. The molecule has 10 heavy (non-hydrogen) atoms. The smallest absolute Gasteiger partial charge is 0.165 e. The molecule has 0 radical (unpaired) electrons. The maximum absolute atomic E-state index is 4.42. The first-order valence-corrected chi connectivity index (χ1v) is 4.74. The van der Waals surface area contributed by atoms with Crippen LogP contribution in [-0.2, 0) is 12.8 Å². The van der Waals surface area contributed by atoms with Crippen molar-refractivity contribution in [1.82, 2.24) is 9.97 Å². The highest BCUT2D eigenvalue weighted by molar-refractivity contribution is 7.98. The Morgan fingerprint density at radius 1 is 1.50 bits per heavy atom. The second-order valence-electron chi connectivity index (χ2n) is 2.52. The standard InChI is InChI=1S/C7H10N2S/c1-10-7-8-5-3-2-4-6(5)9-7/h2-4H2,1H3,(H,8,9). The first-order valence-electron chi connectivity index (χ1n) is 3.52. The van der Waals surface area contributed by atoms with Gasteiger partial charge in [-0.25, -0.2) is 4.98 Å². The van der Waals surface area contributed by atoms with Crippen LogP contribution in [0.2, 0.25) is 0 Å². The largest absolute Gasteiger partial charge is 0.337 e. The Kier molecular flexibility index (Phi) is 1.45. The summed E-state index contributed by atoms with van der Waals surface area (Å²) in [5.41, 5.74) is 2.66. The van der Waals surface area contributed by atoms with Crippen LogP contribution in [0.5, 0.6) is 0 Å². The second-order valence-corrected chi connectivity index (χ2v) is 3.32. The molecule has 1 aromatic heterocycles. The van der Waals surface area contributed by atoms with E-state index < -0.39 is 0 Å². The van der Waals surface area contributed by atoms with Crippen molar-refractivity contribution in [3.8, 4) is 0 Å². The predicted molar refractivity (Wildman–Crippen MR) is 42.4 cm³/mol. The number of nitrogens with one attached hydrogen (secondary N) is 1. The Labute approximate surface area is 64.4 Å². The van der Waals surface area contributed by atoms with Crippen molar-refractivity contribution in [3.63, 3.8) is 0 Å². The maximum atomic E-state index is 4.42. The Morgan fingerprint density at radius 3 is 3.10 bits per heavy atom. The molecule has 0 fully saturated rings. The lowest BCUT2D eigenvalue weighted by molar-refractivity contribution is 0.845. The molecule has 0 saturated carbocycles. The van der Waals surface area contributed by atoms with Crippen molar-refractivity contribution in [3.05, 3.63) is 11.4 Å². The van der Waals surface area contributed by atoms with E-state index in [2.05, 4.69) is 9.97 Å². The molecule has 0 bridgehead atoms. The molecule has 0 atom stereocenters. The summed E-state index contributed by atoms with van der Waals surface area (Å²) in [6.07, 6.45) is 5.70. The molecule has 54 valence electrons. The molecular weight excluding hydrogens is 144 g/mol. The van der Waals surface area contributed by atoms with Crippen molar-refractivity contribution < 1.29 is 0 Å². The van der Waals surface area contributed by atoms with Gasteiger partial charge in [-0.2, -0.15) is 0 Å². The lowest BCUT2D eigenvalue weighted by Crippen LogP contribution is -1.78. The highest BCUT2D eigenvalue weighted by atomic mass is 32.2. The molecule has 1 N–H and O–H groups in total. The molecular formula is C7H10N2S. The summed E-state index contributed by atoms with van der Waals surface area (Å²) in [6.45, 7) is 0. The number of aromatic nitrogens is 2. The SMILES string of the molecule is CSc1nc2c([nH]1)CCC2. The zero-order chi connectivity index (χ0) is 6.97. The maximum Gasteiger partial charge on any atom is 0.165 e. The Balaban J connectivity index is 2.37. The first-order chi connectivity index (χ1) is 4.90. The monoisotopic (exact) mass is 154 g/mol. The normalized spacial score (nSPS) is 15.7. The van der Waals surface area contributed by atoms with E-state index in [4.69, 9.17) is 0 Å². The number of thioether (sulfide) groups is 1. The molecule has 0 aromatic carbocycles. The van der Waals surface area contributed by atoms with Gasteiger partial charge in [0.2, 0.25) is 0 Å². The van der Waals surface area contributed by atoms with Gasteiger partial charge in [-0.05, 0) is 25.5 Å². The molecule has 2 rings (SSSR count). The van der Waals surface area contributed by atoms with Crippen LogP contribution in [0, 0.1) is 0 Å². The van der Waals surface area contributed by atoms with Gasteiger partial charge in [0.05, 0.1) is 5.69 Å². The van der Waals surface area contributed by atoms with Crippen LogP contribution in [0.4, 0.5) is 0 Å². The number of rotatable bonds is 1. The minimum atomic E-state index is 1.07. The van der Waals surface area contributed by atoms with Crippen LogP contribution in [0.1, 0.15) is 17.8 Å². The molecule has 0 unspecified atom stereocenters. The number of aromatic amines is 1. The van der Waals surface area contributed by atoms with Crippen LogP contribution in [-0.4, -0.2) is 16.2 Å². The molecule has 0 spiro atoms. The summed E-state index contributed by atoms with van der Waals surface area (Å²) < 4.78 is 0. The van der Waals surface area contributed by atoms with Crippen molar-refractivity contribution in [2.24, 2.45) is 0 Å². The molecule has 1 heterocycles. The van der Waals surface area contributed by atoms with Gasteiger partial charge in [-0.1, -0.05) is 11.8 Å². The van der Waals surface area contributed by atoms with Gasteiger partial charge < -0.3 is 4.98 Å². The zero-order valence-corrected chi connectivity index (χ0v) is 6.79. The number of H-pyrrole nitrogens is 1. The molecule has 3 heteroatoms. The Morgan fingerprint density at radius 2 is 2.40 bits per heavy atom. The lowest BCUT2D eigenvalue weighted by Gasteiger charge is -1.86. The van der Waals surface area contributed by atoms with Gasteiger partial charge in [0.25, 0.3) is 0 Å². The molecule has 0 saturated heterocycles. The number of imidazole rings is 1. The number of nitrogens with zero attached hydrogens (tertiary/aromatic N) is 1. The van der Waals surface area contributed by atoms with Crippen LogP contribution < -0.4 is 0 Å². The number of hydrogen-bond donors (Lipinski definition) is 1. The Hall–Kier alpha value is -0.440. The summed E-state index contributed by atoms with van der Waals surface area (Å²) in [5, 5.41) is 1.07. The topological polar surface area (TPSA) is 28.7 Å². The van der Waals surface area contributed by atoms with E-state index in [-0.39, 0.29) is 0 Å². The summed E-state index contributed by atoms with van der Waals surface area (Å²) in [5.74, 6) is 0. The zero-order valence-electron chi connectivity index (χ0n) is 5.98. The van der Waals surface area contributed by atoms with Gasteiger partial charge in [0.15, 0.2) is 5.16 Å². The van der Waals surface area contributed by atoms with E-state index >= 15 is 0 Å². The van der Waals surface area contributed by atoms with Crippen molar-refractivity contribution in [1.29, 1.82) is 0 Å².